The molecule has 0 saturated carbocycles. The van der Waals surface area contributed by atoms with Crippen LogP contribution in [-0.2, 0) is 4.74 Å². The van der Waals surface area contributed by atoms with Gasteiger partial charge in [-0.3, -0.25) is 0 Å². The standard InChI is InChI=1S/C12H17NO3/c1-4-8(2)16-11-9(12(14)15-3)6-5-7-10(11)13/h5-8H,4,13H2,1-3H3. The van der Waals surface area contributed by atoms with Gasteiger partial charge in [-0.1, -0.05) is 13.0 Å². The molecule has 0 aliphatic carbocycles. The van der Waals surface area contributed by atoms with Crippen molar-refractivity contribution in [1.82, 2.24) is 0 Å². The third-order valence-corrected chi connectivity index (χ3v) is 2.34. The molecular weight excluding hydrogens is 206 g/mol. The number of carbonyl (C=O) groups excluding carboxylic acids is 1. The Kier molecular flexibility index (Phi) is 4.17. The summed E-state index contributed by atoms with van der Waals surface area (Å²) in [6.07, 6.45) is 0.850. The van der Waals surface area contributed by atoms with Crippen molar-refractivity contribution in [3.05, 3.63) is 23.8 Å². The average Bonchev–Trinajstić information content (AvgIpc) is 2.30. The van der Waals surface area contributed by atoms with E-state index >= 15 is 0 Å². The summed E-state index contributed by atoms with van der Waals surface area (Å²) in [5, 5.41) is 0. The van der Waals surface area contributed by atoms with Crippen molar-refractivity contribution in [3.63, 3.8) is 0 Å². The number of nitrogens with two attached hydrogens (primary N) is 1. The predicted octanol–water partition coefficient (Wildman–Crippen LogP) is 2.23. The van der Waals surface area contributed by atoms with Gasteiger partial charge < -0.3 is 15.2 Å². The summed E-state index contributed by atoms with van der Waals surface area (Å²) >= 11 is 0. The largest absolute Gasteiger partial charge is 0.488 e. The maximum atomic E-state index is 11.5. The van der Waals surface area contributed by atoms with Crippen molar-refractivity contribution in [3.8, 4) is 5.75 Å². The Bertz CT molecular complexity index is 377. The van der Waals surface area contributed by atoms with Crippen LogP contribution < -0.4 is 10.5 Å². The normalized spacial score (nSPS) is 11.9. The fraction of sp³-hybridized carbons (Fsp3) is 0.417. The van der Waals surface area contributed by atoms with Gasteiger partial charge in [0.2, 0.25) is 0 Å². The van der Waals surface area contributed by atoms with Gasteiger partial charge in [-0.05, 0) is 25.5 Å². The number of methoxy groups -OCH3 is 1. The summed E-state index contributed by atoms with van der Waals surface area (Å²) in [6.45, 7) is 3.93. The number of rotatable bonds is 4. The monoisotopic (exact) mass is 223 g/mol. The lowest BCUT2D eigenvalue weighted by Crippen LogP contribution is -2.14. The molecular formula is C12H17NO3. The molecule has 0 aromatic heterocycles. The van der Waals surface area contributed by atoms with Gasteiger partial charge in [0.15, 0.2) is 5.75 Å². The van der Waals surface area contributed by atoms with E-state index in [1.165, 1.54) is 7.11 Å². The summed E-state index contributed by atoms with van der Waals surface area (Å²) in [7, 11) is 1.33. The van der Waals surface area contributed by atoms with Gasteiger partial charge in [0.05, 0.1) is 18.9 Å². The molecule has 0 heterocycles. The SMILES string of the molecule is CCC(C)Oc1c(N)cccc1C(=O)OC. The van der Waals surface area contributed by atoms with Crippen LogP contribution >= 0.6 is 0 Å². The molecule has 4 heteroatoms. The van der Waals surface area contributed by atoms with Gasteiger partial charge in [0.25, 0.3) is 0 Å². The third-order valence-electron chi connectivity index (χ3n) is 2.34. The highest BCUT2D eigenvalue weighted by Crippen LogP contribution is 2.28. The van der Waals surface area contributed by atoms with E-state index < -0.39 is 5.97 Å². The van der Waals surface area contributed by atoms with Crippen LogP contribution in [0.15, 0.2) is 18.2 Å². The van der Waals surface area contributed by atoms with E-state index in [9.17, 15) is 4.79 Å². The Balaban J connectivity index is 3.08. The Labute approximate surface area is 95.3 Å². The van der Waals surface area contributed by atoms with Crippen molar-refractivity contribution >= 4 is 11.7 Å². The number of ether oxygens (including phenoxy) is 2. The first kappa shape index (κ1) is 12.4. The first-order chi connectivity index (χ1) is 7.60. The van der Waals surface area contributed by atoms with Crippen LogP contribution in [-0.4, -0.2) is 19.2 Å². The summed E-state index contributed by atoms with van der Waals surface area (Å²) in [5.41, 5.74) is 6.60. The molecule has 0 bridgehead atoms. The summed E-state index contributed by atoms with van der Waals surface area (Å²) < 4.78 is 10.3. The summed E-state index contributed by atoms with van der Waals surface area (Å²) in [4.78, 5) is 11.5. The number of hydrogen-bond donors (Lipinski definition) is 1. The number of nitrogen functional groups attached to an aromatic ring is 1. The highest BCUT2D eigenvalue weighted by Gasteiger charge is 2.16. The van der Waals surface area contributed by atoms with Crippen LogP contribution in [0.2, 0.25) is 0 Å². The van der Waals surface area contributed by atoms with E-state index in [0.717, 1.165) is 6.42 Å². The molecule has 0 aliphatic rings. The van der Waals surface area contributed by atoms with Crippen LogP contribution in [0.25, 0.3) is 0 Å². The lowest BCUT2D eigenvalue weighted by atomic mass is 10.1. The first-order valence-electron chi connectivity index (χ1n) is 5.23. The van der Waals surface area contributed by atoms with Crippen molar-refractivity contribution in [1.29, 1.82) is 0 Å². The lowest BCUT2D eigenvalue weighted by Gasteiger charge is -2.16. The van der Waals surface area contributed by atoms with Crippen LogP contribution in [0.1, 0.15) is 30.6 Å². The maximum Gasteiger partial charge on any atom is 0.341 e. The van der Waals surface area contributed by atoms with E-state index in [-0.39, 0.29) is 6.10 Å². The molecule has 0 fully saturated rings. The van der Waals surface area contributed by atoms with E-state index in [4.69, 9.17) is 10.5 Å². The molecule has 1 aromatic carbocycles. The van der Waals surface area contributed by atoms with Gasteiger partial charge in [-0.25, -0.2) is 4.79 Å². The van der Waals surface area contributed by atoms with Crippen LogP contribution in [0, 0.1) is 0 Å². The quantitative estimate of drug-likeness (QED) is 0.628. The van der Waals surface area contributed by atoms with Crippen molar-refractivity contribution in [2.75, 3.05) is 12.8 Å². The minimum atomic E-state index is -0.439. The molecule has 1 atom stereocenters. The van der Waals surface area contributed by atoms with Gasteiger partial charge in [-0.2, -0.15) is 0 Å². The number of anilines is 1. The number of benzene rings is 1. The minimum absolute atomic E-state index is 0.00751. The number of hydrogen-bond acceptors (Lipinski definition) is 4. The molecule has 1 aromatic rings. The van der Waals surface area contributed by atoms with Crippen LogP contribution in [0.3, 0.4) is 0 Å². The second-order valence-electron chi connectivity index (χ2n) is 3.55. The molecule has 0 radical (unpaired) electrons. The summed E-state index contributed by atoms with van der Waals surface area (Å²) in [5.74, 6) is -0.0331. The Morgan fingerprint density at radius 3 is 2.75 bits per heavy atom. The lowest BCUT2D eigenvalue weighted by molar-refractivity contribution is 0.0593. The smallest absolute Gasteiger partial charge is 0.341 e. The molecule has 0 spiro atoms. The van der Waals surface area contributed by atoms with E-state index in [1.54, 1.807) is 18.2 Å². The molecule has 88 valence electrons. The molecule has 2 N–H and O–H groups in total. The van der Waals surface area contributed by atoms with Crippen molar-refractivity contribution < 1.29 is 14.3 Å². The van der Waals surface area contributed by atoms with E-state index in [1.807, 2.05) is 13.8 Å². The third kappa shape index (κ3) is 2.66. The Hall–Kier alpha value is -1.71. The molecule has 1 unspecified atom stereocenters. The topological polar surface area (TPSA) is 61.5 Å². The fourth-order valence-electron chi connectivity index (χ4n) is 1.24. The number of carbonyl (C=O) groups is 1. The maximum absolute atomic E-state index is 11.5. The average molecular weight is 223 g/mol. The second-order valence-corrected chi connectivity index (χ2v) is 3.55. The Morgan fingerprint density at radius 2 is 2.19 bits per heavy atom. The van der Waals surface area contributed by atoms with E-state index in [0.29, 0.717) is 17.0 Å². The zero-order chi connectivity index (χ0) is 12.1. The predicted molar refractivity (Wildman–Crippen MR) is 62.6 cm³/mol. The van der Waals surface area contributed by atoms with E-state index in [2.05, 4.69) is 4.74 Å². The number of esters is 1. The van der Waals surface area contributed by atoms with Crippen molar-refractivity contribution in [2.24, 2.45) is 0 Å². The molecule has 4 nitrogen and oxygen atoms in total. The molecule has 16 heavy (non-hydrogen) atoms. The first-order valence-corrected chi connectivity index (χ1v) is 5.23. The van der Waals surface area contributed by atoms with Gasteiger partial charge >= 0.3 is 5.97 Å². The summed E-state index contributed by atoms with van der Waals surface area (Å²) in [6, 6.07) is 5.04. The molecule has 1 rings (SSSR count). The Morgan fingerprint density at radius 1 is 1.50 bits per heavy atom. The van der Waals surface area contributed by atoms with Crippen LogP contribution in [0.5, 0.6) is 5.75 Å². The highest BCUT2D eigenvalue weighted by molar-refractivity contribution is 5.94. The molecule has 0 amide bonds. The van der Waals surface area contributed by atoms with Gasteiger partial charge in [0.1, 0.15) is 5.56 Å². The zero-order valence-corrected chi connectivity index (χ0v) is 9.82. The fourth-order valence-corrected chi connectivity index (χ4v) is 1.24. The highest BCUT2D eigenvalue weighted by atomic mass is 16.5. The number of para-hydroxylation sites is 1. The van der Waals surface area contributed by atoms with Gasteiger partial charge in [-0.15, -0.1) is 0 Å². The van der Waals surface area contributed by atoms with Gasteiger partial charge in [0, 0.05) is 0 Å². The zero-order valence-electron chi connectivity index (χ0n) is 9.82. The second kappa shape index (κ2) is 5.39. The van der Waals surface area contributed by atoms with Crippen LogP contribution in [0.4, 0.5) is 5.69 Å². The molecule has 0 saturated heterocycles. The minimum Gasteiger partial charge on any atom is -0.488 e. The molecule has 0 aliphatic heterocycles. The van der Waals surface area contributed by atoms with Crippen molar-refractivity contribution in [2.45, 2.75) is 26.4 Å².